The van der Waals surface area contributed by atoms with Crippen LogP contribution >= 0.6 is 35.0 Å². The molecule has 0 fully saturated rings. The van der Waals surface area contributed by atoms with Gasteiger partial charge in [0.25, 0.3) is 0 Å². The molecule has 0 radical (unpaired) electrons. The normalized spacial score (nSPS) is 10.4. The summed E-state index contributed by atoms with van der Waals surface area (Å²) in [6.07, 6.45) is 1.87. The van der Waals surface area contributed by atoms with E-state index in [0.29, 0.717) is 21.2 Å². The summed E-state index contributed by atoms with van der Waals surface area (Å²) >= 11 is 13.5. The third kappa shape index (κ3) is 2.56. The summed E-state index contributed by atoms with van der Waals surface area (Å²) in [5.74, 6) is -0.0430. The lowest BCUT2D eigenvalue weighted by molar-refractivity contribution is 0.103. The Bertz CT molecular complexity index is 582. The summed E-state index contributed by atoms with van der Waals surface area (Å²) in [6, 6.07) is 12.5. The van der Waals surface area contributed by atoms with Gasteiger partial charge < -0.3 is 0 Å². The van der Waals surface area contributed by atoms with Crippen LogP contribution in [0, 0.1) is 0 Å². The van der Waals surface area contributed by atoms with Gasteiger partial charge in [-0.15, -0.1) is 11.8 Å². The zero-order valence-electron chi connectivity index (χ0n) is 9.61. The molecular weight excluding hydrogens is 287 g/mol. The Morgan fingerprint density at radius 2 is 1.72 bits per heavy atom. The fraction of sp³-hybridized carbons (Fsp3) is 0.0714. The highest BCUT2D eigenvalue weighted by Gasteiger charge is 2.17. The summed E-state index contributed by atoms with van der Waals surface area (Å²) in [7, 11) is 0. The van der Waals surface area contributed by atoms with Gasteiger partial charge in [-0.3, -0.25) is 4.79 Å². The fourth-order valence-corrected chi connectivity index (χ4v) is 2.94. The molecule has 0 saturated heterocycles. The van der Waals surface area contributed by atoms with E-state index in [2.05, 4.69) is 0 Å². The minimum atomic E-state index is -0.0430. The second-order valence-electron chi connectivity index (χ2n) is 3.64. The van der Waals surface area contributed by atoms with Gasteiger partial charge in [-0.05, 0) is 18.4 Å². The minimum absolute atomic E-state index is 0.0430. The van der Waals surface area contributed by atoms with Gasteiger partial charge in [0.15, 0.2) is 5.78 Å². The number of benzene rings is 2. The maximum atomic E-state index is 12.4. The van der Waals surface area contributed by atoms with E-state index in [0.717, 1.165) is 4.90 Å². The second kappa shape index (κ2) is 5.79. The highest BCUT2D eigenvalue weighted by molar-refractivity contribution is 7.98. The van der Waals surface area contributed by atoms with Crippen LogP contribution in [0.15, 0.2) is 47.4 Å². The van der Waals surface area contributed by atoms with Crippen LogP contribution < -0.4 is 0 Å². The molecule has 0 N–H and O–H groups in total. The highest BCUT2D eigenvalue weighted by Crippen LogP contribution is 2.35. The van der Waals surface area contributed by atoms with Crippen molar-refractivity contribution >= 4 is 40.7 Å². The first-order valence-electron chi connectivity index (χ1n) is 5.27. The number of hydrogen-bond acceptors (Lipinski definition) is 2. The van der Waals surface area contributed by atoms with Crippen molar-refractivity contribution in [1.82, 2.24) is 0 Å². The maximum absolute atomic E-state index is 12.4. The second-order valence-corrected chi connectivity index (χ2v) is 5.24. The standard InChI is InChI=1S/C14H10Cl2OS/c1-18-14-10(7-8-11(15)12(14)16)13(17)9-5-3-2-4-6-9/h2-8H,1H3. The largest absolute Gasteiger partial charge is 0.289 e. The molecule has 0 spiro atoms. The summed E-state index contributed by atoms with van der Waals surface area (Å²) in [6.45, 7) is 0. The van der Waals surface area contributed by atoms with E-state index in [1.165, 1.54) is 11.8 Å². The van der Waals surface area contributed by atoms with Crippen molar-refractivity contribution in [2.75, 3.05) is 6.26 Å². The van der Waals surface area contributed by atoms with Crippen molar-refractivity contribution in [2.45, 2.75) is 4.90 Å². The lowest BCUT2D eigenvalue weighted by atomic mass is 10.0. The molecule has 1 nitrogen and oxygen atoms in total. The van der Waals surface area contributed by atoms with Crippen LogP contribution in [0.25, 0.3) is 0 Å². The predicted octanol–water partition coefficient (Wildman–Crippen LogP) is 4.95. The molecule has 2 rings (SSSR count). The average molecular weight is 297 g/mol. The lowest BCUT2D eigenvalue weighted by Gasteiger charge is -2.09. The molecule has 0 aliphatic carbocycles. The Morgan fingerprint density at radius 3 is 2.33 bits per heavy atom. The molecule has 0 amide bonds. The van der Waals surface area contributed by atoms with E-state index in [9.17, 15) is 4.79 Å². The van der Waals surface area contributed by atoms with Crippen LogP contribution in [0.2, 0.25) is 10.0 Å². The van der Waals surface area contributed by atoms with Gasteiger partial charge in [0.1, 0.15) is 0 Å². The Kier molecular flexibility index (Phi) is 4.33. The van der Waals surface area contributed by atoms with Gasteiger partial charge in [0.2, 0.25) is 0 Å². The van der Waals surface area contributed by atoms with Crippen molar-refractivity contribution in [3.8, 4) is 0 Å². The molecule has 0 saturated carbocycles. The number of thioether (sulfide) groups is 1. The van der Waals surface area contributed by atoms with Gasteiger partial charge in [-0.25, -0.2) is 0 Å². The van der Waals surface area contributed by atoms with Crippen molar-refractivity contribution in [1.29, 1.82) is 0 Å². The first kappa shape index (κ1) is 13.5. The minimum Gasteiger partial charge on any atom is -0.289 e. The molecule has 18 heavy (non-hydrogen) atoms. The highest BCUT2D eigenvalue weighted by atomic mass is 35.5. The summed E-state index contributed by atoms with van der Waals surface area (Å²) in [5.41, 5.74) is 1.23. The van der Waals surface area contributed by atoms with Crippen LogP contribution in [-0.2, 0) is 0 Å². The SMILES string of the molecule is CSc1c(C(=O)c2ccccc2)ccc(Cl)c1Cl. The Balaban J connectivity index is 2.52. The van der Waals surface area contributed by atoms with E-state index in [4.69, 9.17) is 23.2 Å². The predicted molar refractivity (Wildman–Crippen MR) is 78.1 cm³/mol. The van der Waals surface area contributed by atoms with Crippen molar-refractivity contribution in [3.05, 3.63) is 63.6 Å². The number of carbonyl (C=O) groups is 1. The number of carbonyl (C=O) groups excluding carboxylic acids is 1. The molecular formula is C14H10Cl2OS. The van der Waals surface area contributed by atoms with Gasteiger partial charge in [0.05, 0.1) is 10.0 Å². The first-order chi connectivity index (χ1) is 8.65. The van der Waals surface area contributed by atoms with E-state index in [1.807, 2.05) is 24.5 Å². The van der Waals surface area contributed by atoms with Gasteiger partial charge in [-0.1, -0.05) is 53.5 Å². The van der Waals surface area contributed by atoms with E-state index in [1.54, 1.807) is 24.3 Å². The van der Waals surface area contributed by atoms with Gasteiger partial charge in [0, 0.05) is 16.0 Å². The number of rotatable bonds is 3. The Morgan fingerprint density at radius 1 is 1.06 bits per heavy atom. The molecule has 0 heterocycles. The van der Waals surface area contributed by atoms with Crippen molar-refractivity contribution in [2.24, 2.45) is 0 Å². The van der Waals surface area contributed by atoms with E-state index in [-0.39, 0.29) is 5.78 Å². The summed E-state index contributed by atoms with van der Waals surface area (Å²) < 4.78 is 0. The zero-order valence-corrected chi connectivity index (χ0v) is 11.9. The van der Waals surface area contributed by atoms with Crippen LogP contribution in [0.3, 0.4) is 0 Å². The number of ketones is 1. The molecule has 0 aromatic heterocycles. The number of halogens is 2. The van der Waals surface area contributed by atoms with Crippen molar-refractivity contribution < 1.29 is 4.79 Å². The Labute approximate surface area is 120 Å². The molecule has 0 aliphatic rings. The first-order valence-corrected chi connectivity index (χ1v) is 7.25. The molecule has 0 unspecified atom stereocenters. The van der Waals surface area contributed by atoms with Crippen LogP contribution in [0.5, 0.6) is 0 Å². The number of hydrogen-bond donors (Lipinski definition) is 0. The molecule has 0 aliphatic heterocycles. The van der Waals surface area contributed by atoms with Crippen LogP contribution in [0.4, 0.5) is 0 Å². The van der Waals surface area contributed by atoms with Crippen LogP contribution in [0.1, 0.15) is 15.9 Å². The van der Waals surface area contributed by atoms with Gasteiger partial charge in [-0.2, -0.15) is 0 Å². The third-order valence-electron chi connectivity index (χ3n) is 2.53. The molecule has 4 heteroatoms. The fourth-order valence-electron chi connectivity index (χ4n) is 1.66. The third-order valence-corrected chi connectivity index (χ3v) is 4.28. The van der Waals surface area contributed by atoms with Crippen LogP contribution in [-0.4, -0.2) is 12.0 Å². The molecule has 0 bridgehead atoms. The molecule has 2 aromatic carbocycles. The molecule has 0 atom stereocenters. The topological polar surface area (TPSA) is 17.1 Å². The van der Waals surface area contributed by atoms with Gasteiger partial charge >= 0.3 is 0 Å². The summed E-state index contributed by atoms with van der Waals surface area (Å²) in [4.78, 5) is 13.1. The lowest BCUT2D eigenvalue weighted by Crippen LogP contribution is -2.03. The Hall–Kier alpha value is -0.960. The molecule has 2 aromatic rings. The zero-order chi connectivity index (χ0) is 13.1. The average Bonchev–Trinajstić information content (AvgIpc) is 2.42. The van der Waals surface area contributed by atoms with Crippen molar-refractivity contribution in [3.63, 3.8) is 0 Å². The molecule has 92 valence electrons. The quantitative estimate of drug-likeness (QED) is 0.589. The smallest absolute Gasteiger partial charge is 0.194 e. The monoisotopic (exact) mass is 296 g/mol. The van der Waals surface area contributed by atoms with E-state index < -0.39 is 0 Å². The van der Waals surface area contributed by atoms with E-state index >= 15 is 0 Å². The summed E-state index contributed by atoms with van der Waals surface area (Å²) in [5, 5.41) is 0.900. The maximum Gasteiger partial charge on any atom is 0.194 e.